The molecule has 0 bridgehead atoms. The second-order valence-corrected chi connectivity index (χ2v) is 5.23. The maximum atomic E-state index is 11.9. The fraction of sp³-hybridized carbons (Fsp3) is 0.500. The molecule has 0 aliphatic carbocycles. The Morgan fingerprint density at radius 2 is 2.26 bits per heavy atom. The number of aromatic carboxylic acids is 1. The van der Waals surface area contributed by atoms with E-state index in [1.54, 1.807) is 0 Å². The topological polar surface area (TPSA) is 94.1 Å². The summed E-state index contributed by atoms with van der Waals surface area (Å²) in [4.78, 5) is 22.8. The van der Waals surface area contributed by atoms with E-state index >= 15 is 0 Å². The highest BCUT2D eigenvalue weighted by Crippen LogP contribution is 2.25. The first-order valence-corrected chi connectivity index (χ1v) is 7.50. The molecular formula is C16H21NO6. The maximum absolute atomic E-state index is 11.9. The highest BCUT2D eigenvalue weighted by Gasteiger charge is 2.16. The van der Waals surface area contributed by atoms with Crippen LogP contribution in [0.5, 0.6) is 5.75 Å². The number of hydrogen-bond donors (Lipinski definition) is 2. The number of amides is 1. The van der Waals surface area contributed by atoms with Gasteiger partial charge in [0.2, 0.25) is 5.91 Å². The molecule has 0 aromatic heterocycles. The molecular weight excluding hydrogens is 302 g/mol. The first-order chi connectivity index (χ1) is 11.1. The van der Waals surface area contributed by atoms with E-state index in [1.165, 1.54) is 25.3 Å². The molecule has 2 N–H and O–H groups in total. The van der Waals surface area contributed by atoms with Crippen molar-refractivity contribution < 1.29 is 28.9 Å². The number of hydrogen-bond acceptors (Lipinski definition) is 5. The third-order valence-electron chi connectivity index (χ3n) is 3.52. The van der Waals surface area contributed by atoms with Crippen molar-refractivity contribution in [2.24, 2.45) is 0 Å². The van der Waals surface area contributed by atoms with Gasteiger partial charge in [0.15, 0.2) is 0 Å². The molecule has 1 saturated heterocycles. The summed E-state index contributed by atoms with van der Waals surface area (Å²) in [5.41, 5.74) is 0.529. The molecule has 2 rings (SSSR count). The van der Waals surface area contributed by atoms with E-state index in [1.807, 2.05) is 0 Å². The number of anilines is 1. The summed E-state index contributed by atoms with van der Waals surface area (Å²) in [7, 11) is 1.42. The predicted octanol–water partition coefficient (Wildman–Crippen LogP) is 1.92. The van der Waals surface area contributed by atoms with Crippen molar-refractivity contribution in [1.29, 1.82) is 0 Å². The number of carboxylic acid groups (broad SMARTS) is 1. The van der Waals surface area contributed by atoms with Crippen LogP contribution in [-0.2, 0) is 14.3 Å². The largest absolute Gasteiger partial charge is 0.495 e. The molecule has 1 unspecified atom stereocenters. The van der Waals surface area contributed by atoms with Crippen LogP contribution >= 0.6 is 0 Å². The van der Waals surface area contributed by atoms with Crippen molar-refractivity contribution in [1.82, 2.24) is 0 Å². The van der Waals surface area contributed by atoms with Crippen LogP contribution in [0.1, 0.15) is 29.6 Å². The number of carbonyl (C=O) groups excluding carboxylic acids is 1. The number of rotatable bonds is 8. The minimum atomic E-state index is -1.05. The summed E-state index contributed by atoms with van der Waals surface area (Å²) >= 11 is 0. The van der Waals surface area contributed by atoms with Crippen LogP contribution in [0.4, 0.5) is 5.69 Å². The molecule has 1 aliphatic rings. The van der Waals surface area contributed by atoms with Crippen LogP contribution in [-0.4, -0.2) is 50.0 Å². The van der Waals surface area contributed by atoms with Crippen LogP contribution in [0, 0.1) is 0 Å². The maximum Gasteiger partial charge on any atom is 0.335 e. The number of carboxylic acids is 1. The average Bonchev–Trinajstić information content (AvgIpc) is 3.05. The third-order valence-corrected chi connectivity index (χ3v) is 3.52. The second kappa shape index (κ2) is 8.50. The standard InChI is InChI=1S/C16H21NO6/c1-21-14-9-11(16(19)20)4-5-13(14)17-15(18)6-8-22-10-12-3-2-7-23-12/h4-5,9,12H,2-3,6-8,10H2,1H3,(H,17,18)(H,19,20). The lowest BCUT2D eigenvalue weighted by Crippen LogP contribution is -2.18. The van der Waals surface area contributed by atoms with E-state index in [-0.39, 0.29) is 24.0 Å². The normalized spacial score (nSPS) is 17.0. The molecule has 1 heterocycles. The number of methoxy groups -OCH3 is 1. The Morgan fingerprint density at radius 1 is 1.43 bits per heavy atom. The number of ether oxygens (including phenoxy) is 3. The summed E-state index contributed by atoms with van der Waals surface area (Å²) in [5, 5.41) is 11.6. The SMILES string of the molecule is COc1cc(C(=O)O)ccc1NC(=O)CCOCC1CCCO1. The summed E-state index contributed by atoms with van der Waals surface area (Å²) in [6, 6.07) is 4.29. The number of carbonyl (C=O) groups is 2. The molecule has 1 atom stereocenters. The van der Waals surface area contributed by atoms with Gasteiger partial charge in [0.1, 0.15) is 5.75 Å². The van der Waals surface area contributed by atoms with Gasteiger partial charge in [-0.1, -0.05) is 0 Å². The fourth-order valence-electron chi connectivity index (χ4n) is 2.30. The second-order valence-electron chi connectivity index (χ2n) is 5.23. The first-order valence-electron chi connectivity index (χ1n) is 7.50. The molecule has 1 fully saturated rings. The van der Waals surface area contributed by atoms with Crippen LogP contribution in [0.15, 0.2) is 18.2 Å². The molecule has 126 valence electrons. The van der Waals surface area contributed by atoms with Crippen molar-refractivity contribution in [3.05, 3.63) is 23.8 Å². The van der Waals surface area contributed by atoms with Crippen molar-refractivity contribution in [3.8, 4) is 5.75 Å². The lowest BCUT2D eigenvalue weighted by atomic mass is 10.2. The molecule has 1 aromatic carbocycles. The number of nitrogens with one attached hydrogen (secondary N) is 1. The van der Waals surface area contributed by atoms with E-state index in [2.05, 4.69) is 5.32 Å². The Morgan fingerprint density at radius 3 is 2.91 bits per heavy atom. The molecule has 0 radical (unpaired) electrons. The molecule has 7 heteroatoms. The Balaban J connectivity index is 1.78. The van der Waals surface area contributed by atoms with Crippen molar-refractivity contribution in [2.45, 2.75) is 25.4 Å². The van der Waals surface area contributed by atoms with Gasteiger partial charge in [-0.3, -0.25) is 4.79 Å². The van der Waals surface area contributed by atoms with Gasteiger partial charge in [-0.25, -0.2) is 4.79 Å². The van der Waals surface area contributed by atoms with E-state index < -0.39 is 5.97 Å². The Bertz CT molecular complexity index is 554. The van der Waals surface area contributed by atoms with Gasteiger partial charge in [0.25, 0.3) is 0 Å². The van der Waals surface area contributed by atoms with Crippen LogP contribution in [0.2, 0.25) is 0 Å². The molecule has 0 spiro atoms. The van der Waals surface area contributed by atoms with Gasteiger partial charge in [-0.15, -0.1) is 0 Å². The van der Waals surface area contributed by atoms with Gasteiger partial charge in [-0.05, 0) is 31.0 Å². The smallest absolute Gasteiger partial charge is 0.335 e. The van der Waals surface area contributed by atoms with E-state index in [4.69, 9.17) is 19.3 Å². The molecule has 1 aliphatic heterocycles. The van der Waals surface area contributed by atoms with Gasteiger partial charge in [-0.2, -0.15) is 0 Å². The quantitative estimate of drug-likeness (QED) is 0.710. The zero-order valence-corrected chi connectivity index (χ0v) is 13.0. The van der Waals surface area contributed by atoms with Crippen molar-refractivity contribution >= 4 is 17.6 Å². The Hall–Kier alpha value is -2.12. The van der Waals surface area contributed by atoms with E-state index in [9.17, 15) is 9.59 Å². The third kappa shape index (κ3) is 5.22. The average molecular weight is 323 g/mol. The fourth-order valence-corrected chi connectivity index (χ4v) is 2.30. The van der Waals surface area contributed by atoms with Crippen LogP contribution in [0.3, 0.4) is 0 Å². The van der Waals surface area contributed by atoms with Crippen LogP contribution < -0.4 is 10.1 Å². The monoisotopic (exact) mass is 323 g/mol. The molecule has 0 saturated carbocycles. The van der Waals surface area contributed by atoms with E-state index in [0.717, 1.165) is 19.4 Å². The molecule has 7 nitrogen and oxygen atoms in total. The van der Waals surface area contributed by atoms with Gasteiger partial charge in [0.05, 0.1) is 44.1 Å². The molecule has 1 amide bonds. The highest BCUT2D eigenvalue weighted by atomic mass is 16.5. The zero-order chi connectivity index (χ0) is 16.7. The lowest BCUT2D eigenvalue weighted by Gasteiger charge is -2.12. The highest BCUT2D eigenvalue weighted by molar-refractivity contribution is 5.94. The summed E-state index contributed by atoms with van der Waals surface area (Å²) < 4.78 is 16.0. The summed E-state index contributed by atoms with van der Waals surface area (Å²) in [6.07, 6.45) is 2.40. The zero-order valence-electron chi connectivity index (χ0n) is 13.0. The van der Waals surface area contributed by atoms with Crippen molar-refractivity contribution in [3.63, 3.8) is 0 Å². The minimum absolute atomic E-state index is 0.0970. The predicted molar refractivity (Wildman–Crippen MR) is 83.0 cm³/mol. The summed E-state index contributed by atoms with van der Waals surface area (Å²) in [6.45, 7) is 1.59. The summed E-state index contributed by atoms with van der Waals surface area (Å²) in [5.74, 6) is -0.971. The van der Waals surface area contributed by atoms with Crippen molar-refractivity contribution in [2.75, 3.05) is 32.2 Å². The number of benzene rings is 1. The van der Waals surface area contributed by atoms with E-state index in [0.29, 0.717) is 24.7 Å². The van der Waals surface area contributed by atoms with Crippen LogP contribution in [0.25, 0.3) is 0 Å². The lowest BCUT2D eigenvalue weighted by molar-refractivity contribution is -0.117. The van der Waals surface area contributed by atoms with Gasteiger partial charge in [0, 0.05) is 6.61 Å². The first kappa shape index (κ1) is 17.2. The molecule has 23 heavy (non-hydrogen) atoms. The Labute approximate surface area is 134 Å². The Kier molecular flexibility index (Phi) is 6.37. The van der Waals surface area contributed by atoms with Gasteiger partial charge >= 0.3 is 5.97 Å². The van der Waals surface area contributed by atoms with Gasteiger partial charge < -0.3 is 24.6 Å². The molecule has 1 aromatic rings. The minimum Gasteiger partial charge on any atom is -0.495 e.